The molecule has 3 heteroatoms. The molecule has 1 aliphatic heterocycles. The summed E-state index contributed by atoms with van der Waals surface area (Å²) in [6.45, 7) is 9.90. The summed E-state index contributed by atoms with van der Waals surface area (Å²) in [5.74, 6) is 0. The van der Waals surface area contributed by atoms with E-state index in [9.17, 15) is 0 Å². The molecule has 1 aliphatic rings. The van der Waals surface area contributed by atoms with Crippen molar-refractivity contribution >= 4 is 5.69 Å². The first-order chi connectivity index (χ1) is 8.40. The molecule has 1 heterocycles. The lowest BCUT2D eigenvalue weighted by atomic mass is 9.99. The molecule has 0 saturated carbocycles. The van der Waals surface area contributed by atoms with Crippen LogP contribution in [0.2, 0.25) is 0 Å². The molecular weight excluding hydrogens is 222 g/mol. The predicted octanol–water partition coefficient (Wildman–Crippen LogP) is 2.24. The van der Waals surface area contributed by atoms with Gasteiger partial charge in [0.05, 0.1) is 0 Å². The topological polar surface area (TPSA) is 32.5 Å². The molecule has 2 rings (SSSR count). The Labute approximate surface area is 111 Å². The van der Waals surface area contributed by atoms with E-state index in [-0.39, 0.29) is 11.6 Å². The summed E-state index contributed by atoms with van der Waals surface area (Å²) in [6, 6.07) is 8.79. The third-order valence-corrected chi connectivity index (χ3v) is 4.10. The van der Waals surface area contributed by atoms with Crippen LogP contribution in [0.25, 0.3) is 0 Å². The standard InChI is InChI=1S/C15H25N3/c1-12(16)13-5-7-14(8-6-13)18-10-9-17(4)15(2,3)11-18/h5-8,12H,9-11,16H2,1-4H3/t12-/m0/s1. The van der Waals surface area contributed by atoms with Gasteiger partial charge in [-0.15, -0.1) is 0 Å². The van der Waals surface area contributed by atoms with Gasteiger partial charge >= 0.3 is 0 Å². The molecule has 0 amide bonds. The Kier molecular flexibility index (Phi) is 3.64. The second-order valence-corrected chi connectivity index (χ2v) is 6.04. The number of rotatable bonds is 2. The van der Waals surface area contributed by atoms with Crippen molar-refractivity contribution in [2.45, 2.75) is 32.4 Å². The Morgan fingerprint density at radius 1 is 1.17 bits per heavy atom. The summed E-state index contributed by atoms with van der Waals surface area (Å²) in [6.07, 6.45) is 0. The lowest BCUT2D eigenvalue weighted by molar-refractivity contribution is 0.139. The fourth-order valence-corrected chi connectivity index (χ4v) is 2.45. The first kappa shape index (κ1) is 13.4. The van der Waals surface area contributed by atoms with Crippen molar-refractivity contribution in [3.05, 3.63) is 29.8 Å². The molecule has 0 spiro atoms. The zero-order valence-corrected chi connectivity index (χ0v) is 12.0. The van der Waals surface area contributed by atoms with Crippen LogP contribution in [0.15, 0.2) is 24.3 Å². The molecule has 1 atom stereocenters. The number of piperazine rings is 1. The molecule has 1 saturated heterocycles. The summed E-state index contributed by atoms with van der Waals surface area (Å²) in [7, 11) is 2.20. The van der Waals surface area contributed by atoms with Gasteiger partial charge in [0.15, 0.2) is 0 Å². The third kappa shape index (κ3) is 2.68. The first-order valence-electron chi connectivity index (χ1n) is 6.72. The lowest BCUT2D eigenvalue weighted by Crippen LogP contribution is -2.57. The van der Waals surface area contributed by atoms with Crippen molar-refractivity contribution in [1.82, 2.24) is 4.90 Å². The van der Waals surface area contributed by atoms with Crippen LogP contribution >= 0.6 is 0 Å². The molecule has 0 aliphatic carbocycles. The minimum absolute atomic E-state index is 0.114. The zero-order chi connectivity index (χ0) is 13.3. The minimum atomic E-state index is 0.114. The van der Waals surface area contributed by atoms with Gasteiger partial charge in [0.2, 0.25) is 0 Å². The normalized spacial score (nSPS) is 21.9. The zero-order valence-electron chi connectivity index (χ0n) is 12.0. The number of hydrogen-bond donors (Lipinski definition) is 1. The van der Waals surface area contributed by atoms with Gasteiger partial charge < -0.3 is 10.6 Å². The van der Waals surface area contributed by atoms with Gasteiger partial charge in [-0.25, -0.2) is 0 Å². The van der Waals surface area contributed by atoms with E-state index in [4.69, 9.17) is 5.73 Å². The van der Waals surface area contributed by atoms with E-state index >= 15 is 0 Å². The van der Waals surface area contributed by atoms with E-state index in [1.807, 2.05) is 6.92 Å². The molecule has 3 nitrogen and oxygen atoms in total. The highest BCUT2D eigenvalue weighted by Gasteiger charge is 2.30. The predicted molar refractivity (Wildman–Crippen MR) is 78.0 cm³/mol. The van der Waals surface area contributed by atoms with Crippen LogP contribution in [0.1, 0.15) is 32.4 Å². The van der Waals surface area contributed by atoms with Crippen molar-refractivity contribution in [2.24, 2.45) is 5.73 Å². The Morgan fingerprint density at radius 2 is 1.78 bits per heavy atom. The van der Waals surface area contributed by atoms with E-state index in [1.165, 1.54) is 11.3 Å². The number of nitrogens with two attached hydrogens (primary N) is 1. The van der Waals surface area contributed by atoms with E-state index in [1.54, 1.807) is 0 Å². The van der Waals surface area contributed by atoms with Gasteiger partial charge in [-0.05, 0) is 45.5 Å². The summed E-state index contributed by atoms with van der Waals surface area (Å²) >= 11 is 0. The Bertz CT molecular complexity index is 395. The number of hydrogen-bond acceptors (Lipinski definition) is 3. The fraction of sp³-hybridized carbons (Fsp3) is 0.600. The van der Waals surface area contributed by atoms with Crippen LogP contribution in [0.3, 0.4) is 0 Å². The number of nitrogens with zero attached hydrogens (tertiary/aromatic N) is 2. The maximum Gasteiger partial charge on any atom is 0.0367 e. The van der Waals surface area contributed by atoms with Crippen LogP contribution in [0, 0.1) is 0 Å². The van der Waals surface area contributed by atoms with Gasteiger partial charge in [0.25, 0.3) is 0 Å². The SMILES string of the molecule is C[C@H](N)c1ccc(N2CCN(C)C(C)(C)C2)cc1. The third-order valence-electron chi connectivity index (χ3n) is 4.10. The molecule has 0 unspecified atom stereocenters. The molecule has 0 radical (unpaired) electrons. The molecule has 1 fully saturated rings. The first-order valence-corrected chi connectivity index (χ1v) is 6.72. The molecule has 1 aromatic rings. The highest BCUT2D eigenvalue weighted by atomic mass is 15.3. The number of anilines is 1. The quantitative estimate of drug-likeness (QED) is 0.870. The minimum Gasteiger partial charge on any atom is -0.368 e. The van der Waals surface area contributed by atoms with Gasteiger partial charge in [-0.2, -0.15) is 0 Å². The molecule has 2 N–H and O–H groups in total. The molecule has 0 bridgehead atoms. The van der Waals surface area contributed by atoms with Gasteiger partial charge in [0, 0.05) is 36.9 Å². The van der Waals surface area contributed by atoms with Crippen LogP contribution in [0.4, 0.5) is 5.69 Å². The van der Waals surface area contributed by atoms with Crippen molar-refractivity contribution in [1.29, 1.82) is 0 Å². The Hall–Kier alpha value is -1.06. The van der Waals surface area contributed by atoms with Crippen LogP contribution in [0.5, 0.6) is 0 Å². The van der Waals surface area contributed by atoms with Gasteiger partial charge in [0.1, 0.15) is 0 Å². The highest BCUT2D eigenvalue weighted by Crippen LogP contribution is 2.25. The Morgan fingerprint density at radius 3 is 2.28 bits per heavy atom. The molecule has 0 aromatic heterocycles. The van der Waals surface area contributed by atoms with Crippen molar-refractivity contribution in [3.8, 4) is 0 Å². The fourth-order valence-electron chi connectivity index (χ4n) is 2.45. The maximum absolute atomic E-state index is 5.88. The number of benzene rings is 1. The molecule has 18 heavy (non-hydrogen) atoms. The van der Waals surface area contributed by atoms with Gasteiger partial charge in [-0.1, -0.05) is 12.1 Å². The molecular formula is C15H25N3. The lowest BCUT2D eigenvalue weighted by Gasteiger charge is -2.46. The largest absolute Gasteiger partial charge is 0.368 e. The average Bonchev–Trinajstić information content (AvgIpc) is 2.33. The van der Waals surface area contributed by atoms with E-state index in [0.29, 0.717) is 0 Å². The smallest absolute Gasteiger partial charge is 0.0367 e. The van der Waals surface area contributed by atoms with E-state index < -0.39 is 0 Å². The Balaban J connectivity index is 2.13. The van der Waals surface area contributed by atoms with Crippen LogP contribution in [-0.4, -0.2) is 37.1 Å². The highest BCUT2D eigenvalue weighted by molar-refractivity contribution is 5.49. The van der Waals surface area contributed by atoms with Crippen molar-refractivity contribution in [3.63, 3.8) is 0 Å². The molecule has 100 valence electrons. The summed E-state index contributed by atoms with van der Waals surface area (Å²) in [5.41, 5.74) is 8.62. The monoisotopic (exact) mass is 247 g/mol. The van der Waals surface area contributed by atoms with Crippen molar-refractivity contribution < 1.29 is 0 Å². The van der Waals surface area contributed by atoms with Gasteiger partial charge in [-0.3, -0.25) is 4.90 Å². The summed E-state index contributed by atoms with van der Waals surface area (Å²) < 4.78 is 0. The molecule has 1 aromatic carbocycles. The summed E-state index contributed by atoms with van der Waals surface area (Å²) in [5, 5.41) is 0. The van der Waals surface area contributed by atoms with Crippen LogP contribution in [-0.2, 0) is 0 Å². The van der Waals surface area contributed by atoms with E-state index in [0.717, 1.165) is 19.6 Å². The number of likely N-dealkylation sites (N-methyl/N-ethyl adjacent to an activating group) is 1. The maximum atomic E-state index is 5.88. The van der Waals surface area contributed by atoms with Crippen LogP contribution < -0.4 is 10.6 Å². The second kappa shape index (κ2) is 4.90. The summed E-state index contributed by atoms with van der Waals surface area (Å²) in [4.78, 5) is 4.89. The second-order valence-electron chi connectivity index (χ2n) is 6.04. The van der Waals surface area contributed by atoms with E-state index in [2.05, 4.69) is 55.0 Å². The average molecular weight is 247 g/mol. The van der Waals surface area contributed by atoms with Crippen molar-refractivity contribution in [2.75, 3.05) is 31.6 Å².